The summed E-state index contributed by atoms with van der Waals surface area (Å²) < 4.78 is 15.3. The van der Waals surface area contributed by atoms with E-state index in [0.29, 0.717) is 0 Å². The van der Waals surface area contributed by atoms with Crippen molar-refractivity contribution >= 4 is 0 Å². The molecular weight excluding hydrogens is 320 g/mol. The average molecular weight is 342 g/mol. The van der Waals surface area contributed by atoms with Crippen LogP contribution in [0.4, 0.5) is 0 Å². The van der Waals surface area contributed by atoms with Crippen LogP contribution in [0.1, 0.15) is 0 Å². The first kappa shape index (κ1) is 18.9. The molecule has 11 nitrogen and oxygen atoms in total. The minimum atomic E-state index is -1.74. The molecule has 11 heteroatoms. The predicted octanol–water partition coefficient (Wildman–Crippen LogP) is -5.40. The molecule has 8 N–H and O–H groups in total. The lowest BCUT2D eigenvalue weighted by Crippen LogP contribution is -2.64. The molecule has 10 atom stereocenters. The molecule has 0 spiro atoms. The van der Waals surface area contributed by atoms with Crippen LogP contribution in [0.25, 0.3) is 0 Å². The highest BCUT2D eigenvalue weighted by atomic mass is 16.7. The minimum absolute atomic E-state index is 0.667. The number of hydrogen-bond donors (Lipinski definition) is 8. The summed E-state index contributed by atoms with van der Waals surface area (Å²) in [5.41, 5.74) is 0. The Morgan fingerprint density at radius 1 is 0.652 bits per heavy atom. The van der Waals surface area contributed by atoms with Crippen LogP contribution < -0.4 is 0 Å². The van der Waals surface area contributed by atoms with E-state index in [1.807, 2.05) is 0 Å². The molecule has 0 aromatic carbocycles. The second-order valence-electron chi connectivity index (χ2n) is 5.53. The Morgan fingerprint density at radius 2 is 1.26 bits per heavy atom. The molecule has 2 aliphatic rings. The zero-order chi connectivity index (χ0) is 17.3. The molecule has 0 saturated carbocycles. The summed E-state index contributed by atoms with van der Waals surface area (Å²) in [5.74, 6) is 0. The van der Waals surface area contributed by atoms with Gasteiger partial charge in [-0.25, -0.2) is 0 Å². The van der Waals surface area contributed by atoms with E-state index in [4.69, 9.17) is 19.3 Å². The Balaban J connectivity index is 2.11. The number of rotatable bonds is 4. The second-order valence-corrected chi connectivity index (χ2v) is 5.53. The fourth-order valence-electron chi connectivity index (χ4n) is 2.57. The van der Waals surface area contributed by atoms with Gasteiger partial charge in [-0.2, -0.15) is 0 Å². The van der Waals surface area contributed by atoms with E-state index in [9.17, 15) is 35.7 Å². The third-order valence-electron chi connectivity index (χ3n) is 3.98. The van der Waals surface area contributed by atoms with Gasteiger partial charge in [0.1, 0.15) is 48.8 Å². The molecule has 2 saturated heterocycles. The summed E-state index contributed by atoms with van der Waals surface area (Å²) in [6.45, 7) is -1.35. The van der Waals surface area contributed by atoms with E-state index in [0.717, 1.165) is 0 Å². The van der Waals surface area contributed by atoms with Gasteiger partial charge >= 0.3 is 0 Å². The first-order chi connectivity index (χ1) is 10.8. The van der Waals surface area contributed by atoms with Crippen molar-refractivity contribution in [1.29, 1.82) is 0 Å². The zero-order valence-corrected chi connectivity index (χ0v) is 12.0. The summed E-state index contributed by atoms with van der Waals surface area (Å²) in [4.78, 5) is 0. The Kier molecular flexibility index (Phi) is 6.27. The van der Waals surface area contributed by atoms with Crippen molar-refractivity contribution in [3.63, 3.8) is 0 Å². The van der Waals surface area contributed by atoms with E-state index in [2.05, 4.69) is 0 Å². The van der Waals surface area contributed by atoms with Crippen molar-refractivity contribution in [2.45, 2.75) is 61.4 Å². The highest BCUT2D eigenvalue weighted by molar-refractivity contribution is 4.93. The number of aliphatic hydroxyl groups is 8. The lowest BCUT2D eigenvalue weighted by atomic mass is 9.97. The third kappa shape index (κ3) is 3.65. The van der Waals surface area contributed by atoms with Crippen LogP contribution in [-0.2, 0) is 14.2 Å². The van der Waals surface area contributed by atoms with Gasteiger partial charge in [-0.15, -0.1) is 0 Å². The van der Waals surface area contributed by atoms with E-state index >= 15 is 0 Å². The maximum atomic E-state index is 9.94. The molecule has 136 valence electrons. The van der Waals surface area contributed by atoms with Gasteiger partial charge in [0.2, 0.25) is 0 Å². The van der Waals surface area contributed by atoms with Crippen molar-refractivity contribution in [3.05, 3.63) is 0 Å². The summed E-state index contributed by atoms with van der Waals surface area (Å²) in [7, 11) is 0. The van der Waals surface area contributed by atoms with Crippen LogP contribution in [0.15, 0.2) is 0 Å². The molecule has 0 amide bonds. The summed E-state index contributed by atoms with van der Waals surface area (Å²) in [5, 5.41) is 76.5. The maximum absolute atomic E-state index is 9.94. The van der Waals surface area contributed by atoms with Gasteiger partial charge in [0, 0.05) is 0 Å². The molecule has 2 rings (SSSR count). The van der Waals surface area contributed by atoms with Crippen molar-refractivity contribution in [2.24, 2.45) is 0 Å². The van der Waals surface area contributed by atoms with Gasteiger partial charge in [0.05, 0.1) is 13.2 Å². The van der Waals surface area contributed by atoms with E-state index < -0.39 is 74.6 Å². The summed E-state index contributed by atoms with van der Waals surface area (Å²) >= 11 is 0. The molecule has 2 heterocycles. The highest BCUT2D eigenvalue weighted by Gasteiger charge is 2.50. The van der Waals surface area contributed by atoms with Gasteiger partial charge in [-0.1, -0.05) is 0 Å². The Bertz CT molecular complexity index is 378. The van der Waals surface area contributed by atoms with Gasteiger partial charge in [0.15, 0.2) is 12.6 Å². The highest BCUT2D eigenvalue weighted by Crippen LogP contribution is 2.28. The zero-order valence-electron chi connectivity index (χ0n) is 12.0. The van der Waals surface area contributed by atoms with Crippen LogP contribution >= 0.6 is 0 Å². The van der Waals surface area contributed by atoms with Crippen LogP contribution in [0.5, 0.6) is 0 Å². The first-order valence-electron chi connectivity index (χ1n) is 7.08. The molecule has 0 aromatic rings. The van der Waals surface area contributed by atoms with Crippen molar-refractivity contribution in [1.82, 2.24) is 0 Å². The Morgan fingerprint density at radius 3 is 1.83 bits per heavy atom. The average Bonchev–Trinajstić information content (AvgIpc) is 2.55. The van der Waals surface area contributed by atoms with E-state index in [1.165, 1.54) is 0 Å². The largest absolute Gasteiger partial charge is 0.394 e. The quantitative estimate of drug-likeness (QED) is 0.243. The summed E-state index contributed by atoms with van der Waals surface area (Å²) in [6.07, 6.45) is -15.6. The van der Waals surface area contributed by atoms with Crippen LogP contribution in [0.3, 0.4) is 0 Å². The van der Waals surface area contributed by atoms with Crippen molar-refractivity contribution in [2.75, 3.05) is 13.2 Å². The third-order valence-corrected chi connectivity index (χ3v) is 3.98. The first-order valence-corrected chi connectivity index (χ1v) is 7.08. The van der Waals surface area contributed by atoms with Crippen LogP contribution in [0.2, 0.25) is 0 Å². The maximum Gasteiger partial charge on any atom is 0.187 e. The molecule has 2 fully saturated rings. The molecule has 0 aromatic heterocycles. The monoisotopic (exact) mass is 342 g/mol. The molecular formula is C12H22O11. The number of hydrogen-bond acceptors (Lipinski definition) is 11. The smallest absolute Gasteiger partial charge is 0.187 e. The minimum Gasteiger partial charge on any atom is -0.394 e. The number of ether oxygens (including phenoxy) is 3. The lowest BCUT2D eigenvalue weighted by Gasteiger charge is -2.45. The fourth-order valence-corrected chi connectivity index (χ4v) is 2.57. The molecule has 0 bridgehead atoms. The van der Waals surface area contributed by atoms with Crippen molar-refractivity contribution in [3.8, 4) is 0 Å². The summed E-state index contributed by atoms with van der Waals surface area (Å²) in [6, 6.07) is 0. The molecule has 0 unspecified atom stereocenters. The predicted molar refractivity (Wildman–Crippen MR) is 68.6 cm³/mol. The van der Waals surface area contributed by atoms with Gasteiger partial charge in [-0.3, -0.25) is 0 Å². The van der Waals surface area contributed by atoms with Gasteiger partial charge in [0.25, 0.3) is 0 Å². The second kappa shape index (κ2) is 7.63. The van der Waals surface area contributed by atoms with E-state index in [-0.39, 0.29) is 0 Å². The van der Waals surface area contributed by atoms with Crippen molar-refractivity contribution < 1.29 is 55.1 Å². The number of aliphatic hydroxyl groups excluding tert-OH is 8. The topological polar surface area (TPSA) is 190 Å². The normalized spacial score (nSPS) is 51.7. The van der Waals surface area contributed by atoms with Gasteiger partial charge in [-0.05, 0) is 0 Å². The lowest BCUT2D eigenvalue weighted by molar-refractivity contribution is -0.355. The Labute approximate surface area is 130 Å². The fraction of sp³-hybridized carbons (Fsp3) is 1.00. The molecule has 0 aliphatic carbocycles. The molecule has 23 heavy (non-hydrogen) atoms. The SMILES string of the molecule is OC[C@@H]1O[C@@H](O[C@H]2[C@@H](O)[C@@H](O)[C@@H](O)O[C@H]2CO)[C@@H](O)[C@@H](O)[C@@H]1O. The molecule has 2 aliphatic heterocycles. The van der Waals surface area contributed by atoms with Crippen LogP contribution in [0, 0.1) is 0 Å². The molecule has 0 radical (unpaired) electrons. The van der Waals surface area contributed by atoms with Gasteiger partial charge < -0.3 is 55.1 Å². The van der Waals surface area contributed by atoms with E-state index in [1.54, 1.807) is 0 Å². The van der Waals surface area contributed by atoms with Crippen LogP contribution in [-0.4, -0.2) is 115 Å². The standard InChI is InChI=1S/C12H22O11/c13-1-3-5(15)6(16)9(19)12(22-3)23-10-4(2-14)21-11(20)8(18)7(10)17/h3-20H,1-2H2/t3-,4-,5+,6-,7-,8+,9-,10+,11-,12-/m0/s1. The Hall–Kier alpha value is -0.440.